The lowest BCUT2D eigenvalue weighted by atomic mass is 10.1. The molecule has 0 bridgehead atoms. The Bertz CT molecular complexity index is 1380. The molecule has 8 nitrogen and oxygen atoms in total. The number of para-hydroxylation sites is 1. The van der Waals surface area contributed by atoms with Gasteiger partial charge in [-0.25, -0.2) is 10.1 Å². The molecule has 1 heterocycles. The Labute approximate surface area is 222 Å². The molecule has 0 atom stereocenters. The van der Waals surface area contributed by atoms with E-state index in [0.29, 0.717) is 17.9 Å². The third-order valence-electron chi connectivity index (χ3n) is 5.77. The predicted octanol–water partition coefficient (Wildman–Crippen LogP) is 4.91. The third-order valence-corrected chi connectivity index (χ3v) is 5.77. The van der Waals surface area contributed by atoms with Crippen LogP contribution < -0.4 is 15.5 Å². The van der Waals surface area contributed by atoms with Crippen LogP contribution in [-0.2, 0) is 4.79 Å². The van der Waals surface area contributed by atoms with Crippen LogP contribution in [-0.4, -0.2) is 41.0 Å². The molecule has 0 radical (unpaired) electrons. The normalized spacial score (nSPS) is 10.9. The van der Waals surface area contributed by atoms with E-state index in [1.54, 1.807) is 35.2 Å². The van der Waals surface area contributed by atoms with Gasteiger partial charge in [0.2, 0.25) is 0 Å². The number of rotatable bonds is 11. The maximum Gasteiger partial charge on any atom is 0.259 e. The molecule has 0 unspecified atom stereocenters. The second-order valence-electron chi connectivity index (χ2n) is 8.78. The first-order valence-corrected chi connectivity index (χ1v) is 12.6. The van der Waals surface area contributed by atoms with Crippen molar-refractivity contribution in [3.63, 3.8) is 0 Å². The van der Waals surface area contributed by atoms with Crippen LogP contribution in [0.3, 0.4) is 0 Å². The highest BCUT2D eigenvalue weighted by Gasteiger charge is 2.12. The summed E-state index contributed by atoms with van der Waals surface area (Å²) in [5.41, 5.74) is 7.39. The van der Waals surface area contributed by atoms with E-state index in [0.717, 1.165) is 40.9 Å². The first kappa shape index (κ1) is 26.3. The molecule has 38 heavy (non-hydrogen) atoms. The number of carbonyl (C=O) groups is 2. The number of aromatic nitrogens is 2. The molecule has 0 saturated heterocycles. The number of nitrogens with one attached hydrogen (secondary N) is 2. The minimum atomic E-state index is -0.443. The van der Waals surface area contributed by atoms with E-state index in [1.165, 1.54) is 0 Å². The summed E-state index contributed by atoms with van der Waals surface area (Å²) in [6, 6.07) is 24.6. The molecule has 3 aromatic carbocycles. The molecular formula is C30H31N5O3. The summed E-state index contributed by atoms with van der Waals surface area (Å²) in [6.45, 7) is 4.56. The first-order valence-electron chi connectivity index (χ1n) is 12.6. The lowest BCUT2D eigenvalue weighted by molar-refractivity contribution is -0.120. The smallest absolute Gasteiger partial charge is 0.259 e. The lowest BCUT2D eigenvalue weighted by Gasteiger charge is -2.07. The van der Waals surface area contributed by atoms with Crippen LogP contribution in [0.1, 0.15) is 41.3 Å². The number of amides is 2. The van der Waals surface area contributed by atoms with E-state index in [1.807, 2.05) is 67.7 Å². The monoisotopic (exact) mass is 509 g/mol. The average Bonchev–Trinajstić information content (AvgIpc) is 3.37. The quantitative estimate of drug-likeness (QED) is 0.171. The largest absolute Gasteiger partial charge is 0.494 e. The van der Waals surface area contributed by atoms with E-state index < -0.39 is 5.91 Å². The Balaban J connectivity index is 1.36. The van der Waals surface area contributed by atoms with E-state index in [2.05, 4.69) is 22.8 Å². The van der Waals surface area contributed by atoms with Gasteiger partial charge >= 0.3 is 0 Å². The summed E-state index contributed by atoms with van der Waals surface area (Å²) < 4.78 is 7.39. The van der Waals surface area contributed by atoms with Crippen LogP contribution in [0.5, 0.6) is 5.75 Å². The van der Waals surface area contributed by atoms with Crippen molar-refractivity contribution >= 4 is 18.0 Å². The molecule has 2 N–H and O–H groups in total. The zero-order chi connectivity index (χ0) is 26.7. The van der Waals surface area contributed by atoms with Gasteiger partial charge in [0.15, 0.2) is 0 Å². The summed E-state index contributed by atoms with van der Waals surface area (Å²) >= 11 is 0. The number of benzene rings is 3. The van der Waals surface area contributed by atoms with Gasteiger partial charge in [0.1, 0.15) is 11.4 Å². The van der Waals surface area contributed by atoms with Crippen molar-refractivity contribution in [3.8, 4) is 22.7 Å². The number of carbonyl (C=O) groups excluding carboxylic acids is 2. The molecule has 0 aliphatic heterocycles. The SMILES string of the molecule is CCCCOc1ccc(C(=O)NCC(=O)N/N=C\c2cn(-c3ccccc3)nc2-c2ccc(C)cc2)cc1. The van der Waals surface area contributed by atoms with Crippen LogP contribution >= 0.6 is 0 Å². The summed E-state index contributed by atoms with van der Waals surface area (Å²) in [7, 11) is 0. The number of hydrazone groups is 1. The fourth-order valence-corrected chi connectivity index (χ4v) is 3.64. The van der Waals surface area contributed by atoms with Crippen LogP contribution in [0.2, 0.25) is 0 Å². The van der Waals surface area contributed by atoms with Crippen LogP contribution in [0.15, 0.2) is 90.2 Å². The van der Waals surface area contributed by atoms with Gasteiger partial charge in [-0.1, -0.05) is 61.4 Å². The molecular weight excluding hydrogens is 478 g/mol. The second kappa shape index (κ2) is 13.0. The van der Waals surface area contributed by atoms with Gasteiger partial charge in [0.25, 0.3) is 11.8 Å². The van der Waals surface area contributed by atoms with Crippen molar-refractivity contribution in [3.05, 3.63) is 102 Å². The summed E-state index contributed by atoms with van der Waals surface area (Å²) in [5.74, 6) is -0.0841. The van der Waals surface area contributed by atoms with Crippen molar-refractivity contribution in [1.29, 1.82) is 0 Å². The predicted molar refractivity (Wildman–Crippen MR) is 149 cm³/mol. The van der Waals surface area contributed by atoms with Gasteiger partial charge in [-0.3, -0.25) is 9.59 Å². The molecule has 0 aliphatic rings. The highest BCUT2D eigenvalue weighted by atomic mass is 16.5. The number of hydrogen-bond acceptors (Lipinski definition) is 5. The van der Waals surface area contributed by atoms with E-state index >= 15 is 0 Å². The molecule has 0 saturated carbocycles. The first-order chi connectivity index (χ1) is 18.5. The summed E-state index contributed by atoms with van der Waals surface area (Å²) in [6.07, 6.45) is 5.44. The fourth-order valence-electron chi connectivity index (χ4n) is 3.64. The van der Waals surface area contributed by atoms with Crippen LogP contribution in [0.25, 0.3) is 16.9 Å². The Morgan fingerprint density at radius 3 is 2.45 bits per heavy atom. The molecule has 2 amide bonds. The van der Waals surface area contributed by atoms with Crippen molar-refractivity contribution in [1.82, 2.24) is 20.5 Å². The van der Waals surface area contributed by atoms with Crippen molar-refractivity contribution < 1.29 is 14.3 Å². The maximum absolute atomic E-state index is 12.4. The molecule has 8 heteroatoms. The van der Waals surface area contributed by atoms with E-state index in [4.69, 9.17) is 9.84 Å². The Morgan fingerprint density at radius 1 is 1.00 bits per heavy atom. The van der Waals surface area contributed by atoms with Gasteiger partial charge in [0.05, 0.1) is 25.1 Å². The third kappa shape index (κ3) is 7.16. The molecule has 0 aliphatic carbocycles. The Hall–Kier alpha value is -4.72. The zero-order valence-electron chi connectivity index (χ0n) is 21.6. The molecule has 0 fully saturated rings. The molecule has 1 aromatic heterocycles. The molecule has 4 rings (SSSR count). The number of nitrogens with zero attached hydrogens (tertiary/aromatic N) is 3. The summed E-state index contributed by atoms with van der Waals surface area (Å²) in [5, 5.41) is 11.5. The minimum absolute atomic E-state index is 0.209. The second-order valence-corrected chi connectivity index (χ2v) is 8.78. The van der Waals surface area contributed by atoms with Crippen LogP contribution in [0, 0.1) is 6.92 Å². The topological polar surface area (TPSA) is 97.6 Å². The fraction of sp³-hybridized carbons (Fsp3) is 0.200. The standard InChI is InChI=1S/C30H31N5O3/c1-3-4-18-38-27-16-14-24(15-17-27)30(37)31-20-28(36)33-32-19-25-21-35(26-8-6-5-7-9-26)34-29(25)23-12-10-22(2)11-13-23/h5-17,19,21H,3-4,18,20H2,1-2H3,(H,31,37)(H,33,36)/b32-19-. The lowest BCUT2D eigenvalue weighted by Crippen LogP contribution is -2.34. The minimum Gasteiger partial charge on any atom is -0.494 e. The number of hydrogen-bond donors (Lipinski definition) is 2. The maximum atomic E-state index is 12.4. The van der Waals surface area contributed by atoms with Gasteiger partial charge in [-0.2, -0.15) is 10.2 Å². The highest BCUT2D eigenvalue weighted by Crippen LogP contribution is 2.23. The Morgan fingerprint density at radius 2 is 1.74 bits per heavy atom. The van der Waals surface area contributed by atoms with Gasteiger partial charge in [-0.15, -0.1) is 0 Å². The zero-order valence-corrected chi connectivity index (χ0v) is 21.6. The van der Waals surface area contributed by atoms with E-state index in [-0.39, 0.29) is 12.5 Å². The van der Waals surface area contributed by atoms with Crippen molar-refractivity contribution in [2.45, 2.75) is 26.7 Å². The van der Waals surface area contributed by atoms with Gasteiger partial charge in [0, 0.05) is 22.9 Å². The molecule has 0 spiro atoms. The molecule has 4 aromatic rings. The number of ether oxygens (including phenoxy) is 1. The molecule has 194 valence electrons. The summed E-state index contributed by atoms with van der Waals surface area (Å²) in [4.78, 5) is 24.7. The average molecular weight is 510 g/mol. The number of unbranched alkanes of at least 4 members (excludes halogenated alkanes) is 1. The van der Waals surface area contributed by atoms with Crippen molar-refractivity contribution in [2.24, 2.45) is 5.10 Å². The van der Waals surface area contributed by atoms with Crippen LogP contribution in [0.4, 0.5) is 0 Å². The van der Waals surface area contributed by atoms with Gasteiger partial charge in [-0.05, 0) is 49.7 Å². The van der Waals surface area contributed by atoms with Gasteiger partial charge < -0.3 is 10.1 Å². The number of aryl methyl sites for hydroxylation is 1. The van der Waals surface area contributed by atoms with E-state index in [9.17, 15) is 9.59 Å². The Kier molecular flexibility index (Phi) is 9.02. The van der Waals surface area contributed by atoms with Crippen molar-refractivity contribution in [2.75, 3.05) is 13.2 Å². The highest BCUT2D eigenvalue weighted by molar-refractivity contribution is 5.96.